The number of aliphatic hydroxyl groups excluding tert-OH is 1. The first-order chi connectivity index (χ1) is 3.66. The van der Waals surface area contributed by atoms with Crippen molar-refractivity contribution < 1.29 is 10.3 Å². The molecule has 48 valence electrons. The summed E-state index contributed by atoms with van der Waals surface area (Å²) in [4.78, 5) is 0. The molecular weight excluding hydrogens is 108 g/mol. The largest absolute Gasteiger partial charge is 0.409 e. The lowest BCUT2D eigenvalue weighted by molar-refractivity contribution is 0.200. The van der Waals surface area contributed by atoms with Crippen LogP contribution in [0.5, 0.6) is 0 Å². The second-order valence-corrected chi connectivity index (χ2v) is 1.64. The van der Waals surface area contributed by atoms with Crippen molar-refractivity contribution >= 4 is 5.84 Å². The summed E-state index contributed by atoms with van der Waals surface area (Å²) in [7, 11) is 0. The summed E-state index contributed by atoms with van der Waals surface area (Å²) in [5, 5.41) is 19.2. The highest BCUT2D eigenvalue weighted by molar-refractivity contribution is 5.79. The van der Waals surface area contributed by atoms with Gasteiger partial charge in [0, 0.05) is 6.42 Å². The molecule has 0 rings (SSSR count). The van der Waals surface area contributed by atoms with E-state index in [0.29, 0.717) is 0 Å². The van der Waals surface area contributed by atoms with Crippen LogP contribution in [0.4, 0.5) is 0 Å². The highest BCUT2D eigenvalue weighted by atomic mass is 16.4. The molecule has 0 spiro atoms. The Kier molecular flexibility index (Phi) is 2.95. The minimum absolute atomic E-state index is 0.0556. The molecule has 0 aliphatic rings. The van der Waals surface area contributed by atoms with E-state index in [2.05, 4.69) is 5.16 Å². The molecule has 0 aromatic rings. The molecule has 0 saturated heterocycles. The van der Waals surface area contributed by atoms with Crippen molar-refractivity contribution in [3.05, 3.63) is 0 Å². The second kappa shape index (κ2) is 3.26. The molecule has 0 amide bonds. The molecule has 0 radical (unpaired) electrons. The zero-order chi connectivity index (χ0) is 6.57. The highest BCUT2D eigenvalue weighted by Gasteiger charge is 1.97. The predicted octanol–water partition coefficient (Wildman–Crippen LogP) is -0.496. The quantitative estimate of drug-likeness (QED) is 0.198. The molecule has 8 heavy (non-hydrogen) atoms. The highest BCUT2D eigenvalue weighted by Crippen LogP contribution is 1.86. The Bertz CT molecular complexity index is 90.0. The number of hydrogen-bond acceptors (Lipinski definition) is 3. The zero-order valence-corrected chi connectivity index (χ0v) is 4.70. The Morgan fingerprint density at radius 3 is 2.50 bits per heavy atom. The van der Waals surface area contributed by atoms with Gasteiger partial charge in [-0.05, 0) is 6.92 Å². The molecule has 1 unspecified atom stereocenters. The molecule has 4 nitrogen and oxygen atoms in total. The molecule has 0 aromatic heterocycles. The summed E-state index contributed by atoms with van der Waals surface area (Å²) < 4.78 is 0. The van der Waals surface area contributed by atoms with E-state index in [9.17, 15) is 0 Å². The first-order valence-electron chi connectivity index (χ1n) is 2.31. The van der Waals surface area contributed by atoms with Crippen LogP contribution in [0.15, 0.2) is 5.16 Å². The van der Waals surface area contributed by atoms with Gasteiger partial charge in [0.05, 0.1) is 6.10 Å². The van der Waals surface area contributed by atoms with E-state index >= 15 is 0 Å². The van der Waals surface area contributed by atoms with Crippen LogP contribution in [0.3, 0.4) is 0 Å². The summed E-state index contributed by atoms with van der Waals surface area (Å²) in [5.41, 5.74) is 5.01. The van der Waals surface area contributed by atoms with Crippen LogP contribution in [-0.4, -0.2) is 22.3 Å². The van der Waals surface area contributed by atoms with Crippen molar-refractivity contribution in [3.63, 3.8) is 0 Å². The van der Waals surface area contributed by atoms with Crippen LogP contribution in [0.2, 0.25) is 0 Å². The van der Waals surface area contributed by atoms with Gasteiger partial charge < -0.3 is 16.0 Å². The van der Waals surface area contributed by atoms with Crippen LogP contribution in [-0.2, 0) is 0 Å². The normalized spacial score (nSPS) is 16.0. The number of rotatable bonds is 2. The first-order valence-corrected chi connectivity index (χ1v) is 2.31. The maximum atomic E-state index is 8.58. The number of oxime groups is 1. The molecule has 0 saturated carbocycles. The average molecular weight is 118 g/mol. The third kappa shape index (κ3) is 3.42. The van der Waals surface area contributed by atoms with Crippen molar-refractivity contribution in [2.24, 2.45) is 10.9 Å². The standard InChI is InChI=1S/C4H10N2O2/c1-3(7)2-4(5)6-8/h3,7-8H,2H2,1H3,(H2,5,6). The van der Waals surface area contributed by atoms with Gasteiger partial charge in [-0.1, -0.05) is 5.16 Å². The van der Waals surface area contributed by atoms with Gasteiger partial charge in [0.15, 0.2) is 0 Å². The molecule has 0 aliphatic heterocycles. The van der Waals surface area contributed by atoms with Gasteiger partial charge >= 0.3 is 0 Å². The lowest BCUT2D eigenvalue weighted by atomic mass is 10.3. The fraction of sp³-hybridized carbons (Fsp3) is 0.750. The van der Waals surface area contributed by atoms with E-state index in [1.54, 1.807) is 6.92 Å². The van der Waals surface area contributed by atoms with Crippen LogP contribution >= 0.6 is 0 Å². The molecule has 0 aliphatic carbocycles. The molecule has 4 N–H and O–H groups in total. The van der Waals surface area contributed by atoms with Gasteiger partial charge in [0.25, 0.3) is 0 Å². The van der Waals surface area contributed by atoms with Gasteiger partial charge in [0.1, 0.15) is 5.84 Å². The summed E-state index contributed by atoms with van der Waals surface area (Å²) in [6.45, 7) is 1.57. The number of nitrogens with zero attached hydrogens (tertiary/aromatic N) is 1. The van der Waals surface area contributed by atoms with E-state index < -0.39 is 6.10 Å². The summed E-state index contributed by atoms with van der Waals surface area (Å²) in [6, 6.07) is 0. The minimum Gasteiger partial charge on any atom is -0.409 e. The fourth-order valence-electron chi connectivity index (χ4n) is 0.343. The van der Waals surface area contributed by atoms with Crippen molar-refractivity contribution in [1.82, 2.24) is 0 Å². The van der Waals surface area contributed by atoms with E-state index in [0.717, 1.165) is 0 Å². The molecular formula is C4H10N2O2. The maximum Gasteiger partial charge on any atom is 0.141 e. The Balaban J connectivity index is 3.39. The van der Waals surface area contributed by atoms with E-state index in [1.807, 2.05) is 0 Å². The van der Waals surface area contributed by atoms with Crippen LogP contribution < -0.4 is 5.73 Å². The third-order valence-electron chi connectivity index (χ3n) is 0.633. The monoisotopic (exact) mass is 118 g/mol. The fourth-order valence-corrected chi connectivity index (χ4v) is 0.343. The van der Waals surface area contributed by atoms with Crippen LogP contribution in [0, 0.1) is 0 Å². The molecule has 1 atom stereocenters. The van der Waals surface area contributed by atoms with Gasteiger partial charge in [-0.2, -0.15) is 0 Å². The van der Waals surface area contributed by atoms with Gasteiger partial charge in [-0.3, -0.25) is 0 Å². The minimum atomic E-state index is -0.536. The molecule has 0 aromatic carbocycles. The lowest BCUT2D eigenvalue weighted by Crippen LogP contribution is -2.17. The van der Waals surface area contributed by atoms with E-state index in [1.165, 1.54) is 0 Å². The average Bonchev–Trinajstić information content (AvgIpc) is 1.65. The van der Waals surface area contributed by atoms with Gasteiger partial charge in [0.2, 0.25) is 0 Å². The van der Waals surface area contributed by atoms with Crippen molar-refractivity contribution in [3.8, 4) is 0 Å². The summed E-state index contributed by atoms with van der Waals surface area (Å²) in [5.74, 6) is 0.0556. The first kappa shape index (κ1) is 7.23. The number of amidine groups is 1. The van der Waals surface area contributed by atoms with Crippen LogP contribution in [0.25, 0.3) is 0 Å². The lowest BCUT2D eigenvalue weighted by Gasteiger charge is -1.98. The molecule has 0 heterocycles. The third-order valence-corrected chi connectivity index (χ3v) is 0.633. The zero-order valence-electron chi connectivity index (χ0n) is 4.70. The van der Waals surface area contributed by atoms with Crippen molar-refractivity contribution in [1.29, 1.82) is 0 Å². The molecule has 4 heteroatoms. The number of hydrogen-bond donors (Lipinski definition) is 3. The van der Waals surface area contributed by atoms with Gasteiger partial charge in [-0.25, -0.2) is 0 Å². The SMILES string of the molecule is CC(O)CC(N)=NO. The summed E-state index contributed by atoms with van der Waals surface area (Å²) in [6.07, 6.45) is -0.317. The Morgan fingerprint density at radius 1 is 1.88 bits per heavy atom. The topological polar surface area (TPSA) is 78.8 Å². The number of nitrogens with two attached hydrogens (primary N) is 1. The van der Waals surface area contributed by atoms with Crippen molar-refractivity contribution in [2.45, 2.75) is 19.4 Å². The van der Waals surface area contributed by atoms with E-state index in [-0.39, 0.29) is 12.3 Å². The second-order valence-electron chi connectivity index (χ2n) is 1.64. The number of aliphatic hydroxyl groups is 1. The predicted molar refractivity (Wildman–Crippen MR) is 29.7 cm³/mol. The Hall–Kier alpha value is -0.770. The van der Waals surface area contributed by atoms with Crippen molar-refractivity contribution in [2.75, 3.05) is 0 Å². The molecule has 0 fully saturated rings. The van der Waals surface area contributed by atoms with Crippen LogP contribution in [0.1, 0.15) is 13.3 Å². The smallest absolute Gasteiger partial charge is 0.141 e. The Morgan fingerprint density at radius 2 is 2.38 bits per heavy atom. The summed E-state index contributed by atoms with van der Waals surface area (Å²) >= 11 is 0. The van der Waals surface area contributed by atoms with Gasteiger partial charge in [-0.15, -0.1) is 0 Å². The van der Waals surface area contributed by atoms with E-state index in [4.69, 9.17) is 16.0 Å². The maximum absolute atomic E-state index is 8.58. The molecule has 0 bridgehead atoms. The Labute approximate surface area is 47.6 Å².